The number of benzene rings is 2. The van der Waals surface area contributed by atoms with E-state index in [2.05, 4.69) is 20.9 Å². The Morgan fingerprint density at radius 3 is 2.55 bits per heavy atom. The van der Waals surface area contributed by atoms with Crippen molar-refractivity contribution in [3.05, 3.63) is 100.0 Å². The van der Waals surface area contributed by atoms with Crippen molar-refractivity contribution in [2.45, 2.75) is 12.6 Å². The molecule has 2 aromatic carbocycles. The van der Waals surface area contributed by atoms with Crippen LogP contribution in [0.1, 0.15) is 22.9 Å². The molecule has 0 bridgehead atoms. The van der Waals surface area contributed by atoms with Crippen molar-refractivity contribution in [2.75, 3.05) is 7.11 Å². The van der Waals surface area contributed by atoms with Gasteiger partial charge < -0.3 is 14.7 Å². The number of methoxy groups -OCH3 is 1. The van der Waals surface area contributed by atoms with Gasteiger partial charge in [0.1, 0.15) is 5.75 Å². The predicted molar refractivity (Wildman–Crippen MR) is 114 cm³/mol. The topological polar surface area (TPSA) is 62.7 Å². The number of hydrogen-bond donors (Lipinski definition) is 1. The second-order valence-corrected chi connectivity index (χ2v) is 7.62. The lowest BCUT2D eigenvalue weighted by Gasteiger charge is -2.27. The maximum absolute atomic E-state index is 13.0. The highest BCUT2D eigenvalue weighted by atomic mass is 79.9. The van der Waals surface area contributed by atoms with Gasteiger partial charge in [-0.3, -0.25) is 9.78 Å². The number of pyridine rings is 1. The highest BCUT2D eigenvalue weighted by Gasteiger charge is 2.41. The van der Waals surface area contributed by atoms with E-state index in [0.29, 0.717) is 17.9 Å². The summed E-state index contributed by atoms with van der Waals surface area (Å²) in [6.45, 7) is 0.292. The third kappa shape index (κ3) is 3.76. The molecule has 1 aliphatic rings. The molecule has 29 heavy (non-hydrogen) atoms. The van der Waals surface area contributed by atoms with Gasteiger partial charge in [0.25, 0.3) is 5.91 Å². The number of carbonyl (C=O) groups excluding carboxylic acids is 1. The van der Waals surface area contributed by atoms with Gasteiger partial charge in [-0.15, -0.1) is 0 Å². The molecule has 3 aromatic rings. The molecule has 0 spiro atoms. The van der Waals surface area contributed by atoms with E-state index in [-0.39, 0.29) is 5.76 Å². The minimum Gasteiger partial charge on any atom is -0.503 e. The summed E-state index contributed by atoms with van der Waals surface area (Å²) in [6.07, 6.45) is 1.70. The Morgan fingerprint density at radius 1 is 1.10 bits per heavy atom. The van der Waals surface area contributed by atoms with Gasteiger partial charge in [0.05, 0.1) is 25.4 Å². The lowest BCUT2D eigenvalue weighted by molar-refractivity contribution is -0.130. The number of halogens is 1. The molecule has 1 N–H and O–H groups in total. The first-order chi connectivity index (χ1) is 14.1. The van der Waals surface area contributed by atoms with Crippen LogP contribution >= 0.6 is 15.9 Å². The number of hydrogen-bond acceptors (Lipinski definition) is 4. The van der Waals surface area contributed by atoms with Crippen molar-refractivity contribution in [1.82, 2.24) is 9.88 Å². The molecule has 5 nitrogen and oxygen atoms in total. The number of rotatable bonds is 5. The van der Waals surface area contributed by atoms with Gasteiger partial charge in [0.15, 0.2) is 5.76 Å². The van der Waals surface area contributed by atoms with E-state index in [0.717, 1.165) is 21.3 Å². The second-order valence-electron chi connectivity index (χ2n) is 6.70. The van der Waals surface area contributed by atoms with Crippen molar-refractivity contribution in [3.63, 3.8) is 0 Å². The summed E-state index contributed by atoms with van der Waals surface area (Å²) in [4.78, 5) is 19.0. The molecule has 0 saturated heterocycles. The standard InChI is InChI=1S/C23H19BrN2O3/c1-29-19-10-8-15(9-11-19)20-21(16-5-4-6-17(24)13-16)26(23(28)22(20)27)14-18-7-2-3-12-25-18/h2-13,21,27H,14H2,1H3. The first-order valence-electron chi connectivity index (χ1n) is 9.12. The molecule has 0 aliphatic carbocycles. The molecular weight excluding hydrogens is 432 g/mol. The Labute approximate surface area is 177 Å². The van der Waals surface area contributed by atoms with Crippen LogP contribution in [0.25, 0.3) is 5.57 Å². The summed E-state index contributed by atoms with van der Waals surface area (Å²) in [5.41, 5.74) is 3.00. The van der Waals surface area contributed by atoms with E-state index in [9.17, 15) is 9.90 Å². The smallest absolute Gasteiger partial charge is 0.290 e. The van der Waals surface area contributed by atoms with Gasteiger partial charge in [0, 0.05) is 16.2 Å². The minimum atomic E-state index is -0.435. The van der Waals surface area contributed by atoms with Crippen molar-refractivity contribution < 1.29 is 14.6 Å². The Morgan fingerprint density at radius 2 is 1.90 bits per heavy atom. The van der Waals surface area contributed by atoms with E-state index in [1.807, 2.05) is 66.7 Å². The van der Waals surface area contributed by atoms with Crippen LogP contribution in [-0.2, 0) is 11.3 Å². The molecule has 6 heteroatoms. The monoisotopic (exact) mass is 450 g/mol. The second kappa shape index (κ2) is 8.09. The number of carbonyl (C=O) groups is 1. The molecule has 4 rings (SSSR count). The summed E-state index contributed by atoms with van der Waals surface area (Å²) in [5, 5.41) is 10.8. The van der Waals surface area contributed by atoms with Gasteiger partial charge in [-0.2, -0.15) is 0 Å². The van der Waals surface area contributed by atoms with Crippen LogP contribution in [0, 0.1) is 0 Å². The molecule has 2 heterocycles. The Kier molecular flexibility index (Phi) is 5.36. The number of aliphatic hydroxyl groups excluding tert-OH is 1. The molecule has 146 valence electrons. The first-order valence-corrected chi connectivity index (χ1v) is 9.91. The van der Waals surface area contributed by atoms with Gasteiger partial charge in [-0.1, -0.05) is 46.3 Å². The van der Waals surface area contributed by atoms with Crippen LogP contribution in [0.3, 0.4) is 0 Å². The molecule has 1 aliphatic heterocycles. The van der Waals surface area contributed by atoms with Gasteiger partial charge >= 0.3 is 0 Å². The summed E-state index contributed by atoms with van der Waals surface area (Å²) in [6, 6.07) is 20.3. The van der Waals surface area contributed by atoms with Crippen LogP contribution in [0.2, 0.25) is 0 Å². The molecule has 1 unspecified atom stereocenters. The number of ether oxygens (including phenoxy) is 1. The summed E-state index contributed by atoms with van der Waals surface area (Å²) in [5.74, 6) is 0.0602. The first kappa shape index (κ1) is 19.2. The van der Waals surface area contributed by atoms with E-state index in [1.165, 1.54) is 0 Å². The predicted octanol–water partition coefficient (Wildman–Crippen LogP) is 4.91. The molecule has 0 radical (unpaired) electrons. The van der Waals surface area contributed by atoms with Crippen LogP contribution < -0.4 is 4.74 Å². The summed E-state index contributed by atoms with van der Waals surface area (Å²) < 4.78 is 6.14. The number of aliphatic hydroxyl groups is 1. The fraction of sp³-hybridized carbons (Fsp3) is 0.130. The lowest BCUT2D eigenvalue weighted by atomic mass is 9.93. The van der Waals surface area contributed by atoms with E-state index in [4.69, 9.17) is 4.74 Å². The molecule has 0 saturated carbocycles. The van der Waals surface area contributed by atoms with Crippen molar-refractivity contribution in [3.8, 4) is 5.75 Å². The molecular formula is C23H19BrN2O3. The van der Waals surface area contributed by atoms with Crippen molar-refractivity contribution in [2.24, 2.45) is 0 Å². The Balaban J connectivity index is 1.81. The highest BCUT2D eigenvalue weighted by molar-refractivity contribution is 9.10. The quantitative estimate of drug-likeness (QED) is 0.599. The summed E-state index contributed by atoms with van der Waals surface area (Å²) >= 11 is 3.51. The Hall–Kier alpha value is -3.12. The van der Waals surface area contributed by atoms with E-state index < -0.39 is 11.9 Å². The zero-order valence-electron chi connectivity index (χ0n) is 15.7. The maximum atomic E-state index is 13.0. The van der Waals surface area contributed by atoms with E-state index >= 15 is 0 Å². The zero-order chi connectivity index (χ0) is 20.4. The maximum Gasteiger partial charge on any atom is 0.290 e. The molecule has 1 amide bonds. The van der Waals surface area contributed by atoms with Crippen LogP contribution in [0.15, 0.2) is 83.2 Å². The fourth-order valence-electron chi connectivity index (χ4n) is 3.57. The largest absolute Gasteiger partial charge is 0.503 e. The minimum absolute atomic E-state index is 0.240. The normalized spacial score (nSPS) is 16.4. The van der Waals surface area contributed by atoms with Gasteiger partial charge in [-0.25, -0.2) is 0 Å². The fourth-order valence-corrected chi connectivity index (χ4v) is 3.99. The van der Waals surface area contributed by atoms with Crippen LogP contribution in [-0.4, -0.2) is 28.0 Å². The van der Waals surface area contributed by atoms with Crippen LogP contribution in [0.4, 0.5) is 0 Å². The molecule has 0 fully saturated rings. The molecule has 1 atom stereocenters. The van der Waals surface area contributed by atoms with Crippen molar-refractivity contribution >= 4 is 27.4 Å². The molecule has 1 aromatic heterocycles. The van der Waals surface area contributed by atoms with Gasteiger partial charge in [0.2, 0.25) is 0 Å². The van der Waals surface area contributed by atoms with E-state index in [1.54, 1.807) is 18.2 Å². The lowest BCUT2D eigenvalue weighted by Crippen LogP contribution is -2.30. The van der Waals surface area contributed by atoms with Crippen molar-refractivity contribution in [1.29, 1.82) is 0 Å². The van der Waals surface area contributed by atoms with Crippen LogP contribution in [0.5, 0.6) is 5.75 Å². The highest BCUT2D eigenvalue weighted by Crippen LogP contribution is 2.44. The third-order valence-electron chi connectivity index (χ3n) is 4.93. The third-order valence-corrected chi connectivity index (χ3v) is 5.42. The summed E-state index contributed by atoms with van der Waals surface area (Å²) in [7, 11) is 1.60. The van der Waals surface area contributed by atoms with Gasteiger partial charge in [-0.05, 0) is 47.5 Å². The average molecular weight is 451 g/mol. The number of nitrogens with zero attached hydrogens (tertiary/aromatic N) is 2. The Bertz CT molecular complexity index is 1060. The zero-order valence-corrected chi connectivity index (χ0v) is 17.3. The SMILES string of the molecule is COc1ccc(C2=C(O)C(=O)N(Cc3ccccn3)C2c2cccc(Br)c2)cc1. The average Bonchev–Trinajstić information content (AvgIpc) is 2.99. The number of aromatic nitrogens is 1. The number of amides is 1.